The van der Waals surface area contributed by atoms with Crippen molar-refractivity contribution in [3.8, 4) is 0 Å². The second-order valence-corrected chi connectivity index (χ2v) is 4.35. The van der Waals surface area contributed by atoms with Gasteiger partial charge in [0.15, 0.2) is 5.78 Å². The Morgan fingerprint density at radius 3 is 2.50 bits per heavy atom. The Morgan fingerprint density at radius 2 is 1.81 bits per heavy atom. The smallest absolute Gasteiger partial charge is 0.156 e. The Kier molecular flexibility index (Phi) is 3.04. The molecule has 0 unspecified atom stereocenters. The fraction of sp³-hybridized carbons (Fsp3) is 0.267. The molecular formula is C15H16O. The van der Waals surface area contributed by atoms with Gasteiger partial charge in [0.2, 0.25) is 0 Å². The number of aryl methyl sites for hydroxylation is 1. The summed E-state index contributed by atoms with van der Waals surface area (Å²) < 4.78 is 0. The van der Waals surface area contributed by atoms with Crippen LogP contribution in [0.25, 0.3) is 5.57 Å². The average Bonchev–Trinajstić information content (AvgIpc) is 2.42. The maximum absolute atomic E-state index is 11.6. The highest BCUT2D eigenvalue weighted by Gasteiger charge is 2.13. The zero-order valence-electron chi connectivity index (χ0n) is 9.62. The minimum absolute atomic E-state index is 0.217. The van der Waals surface area contributed by atoms with Gasteiger partial charge in [-0.25, -0.2) is 0 Å². The summed E-state index contributed by atoms with van der Waals surface area (Å²) >= 11 is 0. The third-order valence-corrected chi connectivity index (χ3v) is 2.95. The largest absolute Gasteiger partial charge is 0.295 e. The maximum atomic E-state index is 11.6. The van der Waals surface area contributed by atoms with Crippen LogP contribution >= 0.6 is 0 Å². The summed E-state index contributed by atoms with van der Waals surface area (Å²) in [6, 6.07) is 8.26. The lowest BCUT2D eigenvalue weighted by Gasteiger charge is -2.08. The molecule has 0 bridgehead atoms. The van der Waals surface area contributed by atoms with Gasteiger partial charge in [0, 0.05) is 6.42 Å². The molecule has 0 heterocycles. The molecule has 1 aliphatic carbocycles. The van der Waals surface area contributed by atoms with Crippen molar-refractivity contribution in [3.05, 3.63) is 53.6 Å². The number of rotatable bonds is 1. The molecular weight excluding hydrogens is 196 g/mol. The summed E-state index contributed by atoms with van der Waals surface area (Å²) in [5.74, 6) is 0.217. The number of carbonyl (C=O) groups excluding carboxylic acids is 1. The van der Waals surface area contributed by atoms with Crippen molar-refractivity contribution in [2.75, 3.05) is 0 Å². The molecule has 1 aliphatic rings. The quantitative estimate of drug-likeness (QED) is 0.694. The fourth-order valence-corrected chi connectivity index (χ4v) is 1.97. The van der Waals surface area contributed by atoms with Crippen LogP contribution in [0, 0.1) is 6.92 Å². The molecule has 0 saturated carbocycles. The van der Waals surface area contributed by atoms with Crippen LogP contribution in [0.5, 0.6) is 0 Å². The Morgan fingerprint density at radius 1 is 1.12 bits per heavy atom. The van der Waals surface area contributed by atoms with Gasteiger partial charge in [0.1, 0.15) is 0 Å². The third-order valence-electron chi connectivity index (χ3n) is 2.95. The van der Waals surface area contributed by atoms with Crippen molar-refractivity contribution in [3.63, 3.8) is 0 Å². The average molecular weight is 212 g/mol. The number of allylic oxidation sites excluding steroid dienone is 3. The highest BCUT2D eigenvalue weighted by atomic mass is 16.1. The van der Waals surface area contributed by atoms with Crippen molar-refractivity contribution in [2.45, 2.75) is 26.2 Å². The second kappa shape index (κ2) is 4.48. The van der Waals surface area contributed by atoms with Gasteiger partial charge < -0.3 is 0 Å². The molecule has 1 heteroatoms. The summed E-state index contributed by atoms with van der Waals surface area (Å²) in [5, 5.41) is 0. The molecule has 0 radical (unpaired) electrons. The van der Waals surface area contributed by atoms with Gasteiger partial charge in [0.05, 0.1) is 0 Å². The standard InChI is InChI=1S/C15H16O/c1-11-6-8-13(9-7-11)15-10-14(16)5-3-4-12(15)2/h6-10H,2-5H2,1H3. The molecule has 0 saturated heterocycles. The first-order valence-electron chi connectivity index (χ1n) is 5.66. The summed E-state index contributed by atoms with van der Waals surface area (Å²) in [5.41, 5.74) is 4.43. The van der Waals surface area contributed by atoms with Gasteiger partial charge in [-0.2, -0.15) is 0 Å². The van der Waals surface area contributed by atoms with Gasteiger partial charge in [-0.15, -0.1) is 0 Å². The van der Waals surface area contributed by atoms with E-state index in [-0.39, 0.29) is 5.78 Å². The Hall–Kier alpha value is -1.63. The molecule has 1 aromatic rings. The van der Waals surface area contributed by atoms with E-state index in [0.29, 0.717) is 6.42 Å². The second-order valence-electron chi connectivity index (χ2n) is 4.35. The van der Waals surface area contributed by atoms with Crippen LogP contribution in [-0.2, 0) is 4.79 Å². The monoisotopic (exact) mass is 212 g/mol. The highest BCUT2D eigenvalue weighted by Crippen LogP contribution is 2.28. The molecule has 0 N–H and O–H groups in total. The van der Waals surface area contributed by atoms with E-state index in [9.17, 15) is 4.79 Å². The van der Waals surface area contributed by atoms with Crippen LogP contribution < -0.4 is 0 Å². The van der Waals surface area contributed by atoms with Crippen molar-refractivity contribution < 1.29 is 4.79 Å². The van der Waals surface area contributed by atoms with E-state index in [1.807, 2.05) is 0 Å². The molecule has 0 amide bonds. The van der Waals surface area contributed by atoms with E-state index in [0.717, 1.165) is 29.6 Å². The van der Waals surface area contributed by atoms with Gasteiger partial charge in [0.25, 0.3) is 0 Å². The lowest BCUT2D eigenvalue weighted by Crippen LogP contribution is -1.91. The van der Waals surface area contributed by atoms with Crippen molar-refractivity contribution in [1.82, 2.24) is 0 Å². The number of ketones is 1. The van der Waals surface area contributed by atoms with Crippen LogP contribution in [0.15, 0.2) is 42.5 Å². The molecule has 82 valence electrons. The molecule has 0 atom stereocenters. The van der Waals surface area contributed by atoms with E-state index in [4.69, 9.17) is 0 Å². The van der Waals surface area contributed by atoms with E-state index in [2.05, 4.69) is 37.8 Å². The number of hydrogen-bond donors (Lipinski definition) is 0. The predicted octanol–water partition coefficient (Wildman–Crippen LogP) is 3.69. The minimum atomic E-state index is 0.217. The molecule has 0 fully saturated rings. The van der Waals surface area contributed by atoms with E-state index >= 15 is 0 Å². The summed E-state index contributed by atoms with van der Waals surface area (Å²) in [4.78, 5) is 11.6. The van der Waals surface area contributed by atoms with Gasteiger partial charge >= 0.3 is 0 Å². The zero-order valence-corrected chi connectivity index (χ0v) is 9.62. The van der Waals surface area contributed by atoms with Crippen molar-refractivity contribution >= 4 is 11.4 Å². The lowest BCUT2D eigenvalue weighted by atomic mass is 9.96. The number of hydrogen-bond acceptors (Lipinski definition) is 1. The minimum Gasteiger partial charge on any atom is -0.295 e. The first-order chi connectivity index (χ1) is 7.66. The van der Waals surface area contributed by atoms with E-state index in [1.54, 1.807) is 6.08 Å². The highest BCUT2D eigenvalue weighted by molar-refractivity contribution is 6.00. The SMILES string of the molecule is C=C1CCCC(=O)C=C1c1ccc(C)cc1. The molecule has 0 aliphatic heterocycles. The number of benzene rings is 1. The maximum Gasteiger partial charge on any atom is 0.156 e. The van der Waals surface area contributed by atoms with Crippen molar-refractivity contribution in [2.24, 2.45) is 0 Å². The third kappa shape index (κ3) is 2.30. The Bertz CT molecular complexity index is 449. The molecule has 0 spiro atoms. The summed E-state index contributed by atoms with van der Waals surface area (Å²) in [6.45, 7) is 6.13. The van der Waals surface area contributed by atoms with Gasteiger partial charge in [-0.05, 0) is 42.6 Å². The molecule has 1 nitrogen and oxygen atoms in total. The van der Waals surface area contributed by atoms with Crippen LogP contribution in [0.1, 0.15) is 30.4 Å². The normalized spacial score (nSPS) is 16.9. The summed E-state index contributed by atoms with van der Waals surface area (Å²) in [7, 11) is 0. The van der Waals surface area contributed by atoms with Gasteiger partial charge in [-0.3, -0.25) is 4.79 Å². The predicted molar refractivity (Wildman–Crippen MR) is 67.2 cm³/mol. The van der Waals surface area contributed by atoms with Crippen LogP contribution in [0.4, 0.5) is 0 Å². The van der Waals surface area contributed by atoms with Gasteiger partial charge in [-0.1, -0.05) is 36.4 Å². The van der Waals surface area contributed by atoms with E-state index < -0.39 is 0 Å². The lowest BCUT2D eigenvalue weighted by molar-refractivity contribution is -0.114. The molecule has 1 aromatic carbocycles. The Balaban J connectivity index is 2.40. The van der Waals surface area contributed by atoms with Crippen LogP contribution in [0.3, 0.4) is 0 Å². The molecule has 16 heavy (non-hydrogen) atoms. The van der Waals surface area contributed by atoms with E-state index in [1.165, 1.54) is 5.56 Å². The van der Waals surface area contributed by atoms with Crippen LogP contribution in [0.2, 0.25) is 0 Å². The number of carbonyl (C=O) groups is 1. The molecule has 0 aromatic heterocycles. The first kappa shape index (κ1) is 10.9. The zero-order chi connectivity index (χ0) is 11.5. The molecule has 2 rings (SSSR count). The Labute approximate surface area is 96.5 Å². The first-order valence-corrected chi connectivity index (χ1v) is 5.66. The van der Waals surface area contributed by atoms with Crippen molar-refractivity contribution in [1.29, 1.82) is 0 Å². The summed E-state index contributed by atoms with van der Waals surface area (Å²) in [6.07, 6.45) is 4.24. The topological polar surface area (TPSA) is 17.1 Å². The van der Waals surface area contributed by atoms with Crippen LogP contribution in [-0.4, -0.2) is 5.78 Å². The fourth-order valence-electron chi connectivity index (χ4n) is 1.97.